The minimum absolute atomic E-state index is 0.170. The van der Waals surface area contributed by atoms with Crippen LogP contribution in [0.2, 0.25) is 0 Å². The van der Waals surface area contributed by atoms with Gasteiger partial charge in [-0.3, -0.25) is 9.69 Å². The van der Waals surface area contributed by atoms with Crippen LogP contribution in [-0.2, 0) is 11.3 Å². The first-order valence-electron chi connectivity index (χ1n) is 7.50. The highest BCUT2D eigenvalue weighted by Crippen LogP contribution is 2.18. The Morgan fingerprint density at radius 3 is 2.95 bits per heavy atom. The molecule has 0 aromatic heterocycles. The summed E-state index contributed by atoms with van der Waals surface area (Å²) < 4.78 is 1.05. The van der Waals surface area contributed by atoms with E-state index >= 15 is 0 Å². The van der Waals surface area contributed by atoms with E-state index < -0.39 is 0 Å². The molecule has 4 nitrogen and oxygen atoms in total. The zero-order valence-electron chi connectivity index (χ0n) is 12.6. The monoisotopic (exact) mass is 353 g/mol. The maximum absolute atomic E-state index is 12.4. The van der Waals surface area contributed by atoms with Crippen molar-refractivity contribution in [1.29, 1.82) is 0 Å². The minimum Gasteiger partial charge on any atom is -0.340 e. The van der Waals surface area contributed by atoms with Crippen LogP contribution in [0.15, 0.2) is 28.7 Å². The van der Waals surface area contributed by atoms with E-state index in [-0.39, 0.29) is 5.91 Å². The SMILES string of the molecule is CN(Cc1ccccc1Br)C(=O)CN1CCCC(CN)C1. The number of hydrogen-bond donors (Lipinski definition) is 1. The second-order valence-electron chi connectivity index (χ2n) is 5.82. The van der Waals surface area contributed by atoms with Crippen LogP contribution in [0.1, 0.15) is 18.4 Å². The Hall–Kier alpha value is -0.910. The molecule has 5 heteroatoms. The van der Waals surface area contributed by atoms with Gasteiger partial charge in [-0.15, -0.1) is 0 Å². The Kier molecular flexibility index (Phi) is 6.21. The Morgan fingerprint density at radius 2 is 2.24 bits per heavy atom. The second-order valence-corrected chi connectivity index (χ2v) is 6.67. The highest BCUT2D eigenvalue weighted by Gasteiger charge is 2.22. The van der Waals surface area contributed by atoms with Crippen molar-refractivity contribution in [2.75, 3.05) is 33.2 Å². The van der Waals surface area contributed by atoms with Crippen molar-refractivity contribution in [1.82, 2.24) is 9.80 Å². The number of carbonyl (C=O) groups is 1. The average molecular weight is 354 g/mol. The van der Waals surface area contributed by atoms with Gasteiger partial charge in [-0.05, 0) is 43.5 Å². The lowest BCUT2D eigenvalue weighted by molar-refractivity contribution is -0.132. The third-order valence-electron chi connectivity index (χ3n) is 4.09. The van der Waals surface area contributed by atoms with Gasteiger partial charge in [0.2, 0.25) is 5.91 Å². The first-order chi connectivity index (χ1) is 10.1. The molecule has 1 aromatic rings. The van der Waals surface area contributed by atoms with Gasteiger partial charge in [0, 0.05) is 24.6 Å². The third-order valence-corrected chi connectivity index (χ3v) is 4.86. The van der Waals surface area contributed by atoms with Crippen LogP contribution < -0.4 is 5.73 Å². The lowest BCUT2D eigenvalue weighted by atomic mass is 9.98. The molecule has 1 aliphatic heterocycles. The molecule has 1 amide bonds. The number of hydrogen-bond acceptors (Lipinski definition) is 3. The second kappa shape index (κ2) is 7.92. The molecule has 0 radical (unpaired) electrons. The summed E-state index contributed by atoms with van der Waals surface area (Å²) in [7, 11) is 1.87. The Balaban J connectivity index is 1.86. The van der Waals surface area contributed by atoms with E-state index in [1.54, 1.807) is 4.90 Å². The predicted molar refractivity (Wildman–Crippen MR) is 88.8 cm³/mol. The lowest BCUT2D eigenvalue weighted by Gasteiger charge is -2.32. The number of carbonyl (C=O) groups excluding carboxylic acids is 1. The Bertz CT molecular complexity index is 480. The molecule has 2 N–H and O–H groups in total. The number of piperidine rings is 1. The third kappa shape index (κ3) is 4.80. The van der Waals surface area contributed by atoms with Gasteiger partial charge in [0.05, 0.1) is 6.54 Å². The number of likely N-dealkylation sites (tertiary alicyclic amines) is 1. The van der Waals surface area contributed by atoms with Gasteiger partial charge in [0.25, 0.3) is 0 Å². The highest BCUT2D eigenvalue weighted by molar-refractivity contribution is 9.10. The molecule has 1 unspecified atom stereocenters. The van der Waals surface area contributed by atoms with E-state index in [0.717, 1.165) is 36.1 Å². The molecule has 1 saturated heterocycles. The molecule has 21 heavy (non-hydrogen) atoms. The van der Waals surface area contributed by atoms with E-state index in [4.69, 9.17) is 5.73 Å². The van der Waals surface area contributed by atoms with Crippen LogP contribution in [0, 0.1) is 5.92 Å². The van der Waals surface area contributed by atoms with Gasteiger partial charge in [0.15, 0.2) is 0 Å². The number of amides is 1. The maximum Gasteiger partial charge on any atom is 0.236 e. The van der Waals surface area contributed by atoms with Crippen molar-refractivity contribution >= 4 is 21.8 Å². The number of nitrogens with two attached hydrogens (primary N) is 1. The summed E-state index contributed by atoms with van der Waals surface area (Å²) in [6.45, 7) is 3.81. The van der Waals surface area contributed by atoms with Crippen molar-refractivity contribution < 1.29 is 4.79 Å². The summed E-state index contributed by atoms with van der Waals surface area (Å²) in [6, 6.07) is 8.02. The minimum atomic E-state index is 0.170. The zero-order chi connectivity index (χ0) is 15.2. The average Bonchev–Trinajstić information content (AvgIpc) is 2.49. The normalized spacial score (nSPS) is 19.5. The Morgan fingerprint density at radius 1 is 1.48 bits per heavy atom. The summed E-state index contributed by atoms with van der Waals surface area (Å²) in [4.78, 5) is 16.4. The van der Waals surface area contributed by atoms with Crippen molar-refractivity contribution in [2.24, 2.45) is 11.7 Å². The quantitative estimate of drug-likeness (QED) is 0.881. The van der Waals surface area contributed by atoms with Crippen molar-refractivity contribution in [3.05, 3.63) is 34.3 Å². The summed E-state index contributed by atoms with van der Waals surface area (Å²) in [5, 5.41) is 0. The van der Waals surface area contributed by atoms with E-state index in [9.17, 15) is 4.79 Å². The Labute approximate surface area is 135 Å². The fraction of sp³-hybridized carbons (Fsp3) is 0.562. The van der Waals surface area contributed by atoms with Crippen molar-refractivity contribution in [3.8, 4) is 0 Å². The molecule has 1 fully saturated rings. The van der Waals surface area contributed by atoms with Crippen molar-refractivity contribution in [3.63, 3.8) is 0 Å². The van der Waals surface area contributed by atoms with Crippen LogP contribution >= 0.6 is 15.9 Å². The molecule has 0 spiro atoms. The molecular formula is C16H24BrN3O. The topological polar surface area (TPSA) is 49.6 Å². The van der Waals surface area contributed by atoms with E-state index in [1.165, 1.54) is 6.42 Å². The van der Waals surface area contributed by atoms with Crippen LogP contribution in [0.4, 0.5) is 0 Å². The lowest BCUT2D eigenvalue weighted by Crippen LogP contribution is -2.44. The summed E-state index contributed by atoms with van der Waals surface area (Å²) in [6.07, 6.45) is 2.33. The number of benzene rings is 1. The first-order valence-corrected chi connectivity index (χ1v) is 8.29. The van der Waals surface area contributed by atoms with Crippen molar-refractivity contribution in [2.45, 2.75) is 19.4 Å². The van der Waals surface area contributed by atoms with Gasteiger partial charge in [0.1, 0.15) is 0 Å². The van der Waals surface area contributed by atoms with Crippen LogP contribution in [0.5, 0.6) is 0 Å². The van der Waals surface area contributed by atoms with Gasteiger partial charge in [-0.1, -0.05) is 34.1 Å². The molecule has 2 rings (SSSR count). The maximum atomic E-state index is 12.4. The van der Waals surface area contributed by atoms with Crippen LogP contribution in [0.25, 0.3) is 0 Å². The van der Waals surface area contributed by atoms with Gasteiger partial charge >= 0.3 is 0 Å². The number of rotatable bonds is 5. The van der Waals surface area contributed by atoms with Crippen LogP contribution in [-0.4, -0.2) is 48.9 Å². The van der Waals surface area contributed by atoms with Gasteiger partial charge in [-0.25, -0.2) is 0 Å². The largest absolute Gasteiger partial charge is 0.340 e. The van der Waals surface area contributed by atoms with E-state index in [2.05, 4.69) is 20.8 Å². The molecule has 116 valence electrons. The number of nitrogens with zero attached hydrogens (tertiary/aromatic N) is 2. The number of halogens is 1. The van der Waals surface area contributed by atoms with Crippen LogP contribution in [0.3, 0.4) is 0 Å². The molecule has 1 aromatic carbocycles. The molecule has 1 heterocycles. The summed E-state index contributed by atoms with van der Waals surface area (Å²) in [5.74, 6) is 0.712. The molecule has 1 atom stereocenters. The number of likely N-dealkylation sites (N-methyl/N-ethyl adjacent to an activating group) is 1. The molecular weight excluding hydrogens is 330 g/mol. The van der Waals surface area contributed by atoms with E-state index in [0.29, 0.717) is 19.0 Å². The summed E-state index contributed by atoms with van der Waals surface area (Å²) >= 11 is 3.53. The zero-order valence-corrected chi connectivity index (χ0v) is 14.2. The predicted octanol–water partition coefficient (Wildman–Crippen LogP) is 2.08. The first kappa shape index (κ1) is 16.5. The van der Waals surface area contributed by atoms with Gasteiger partial charge < -0.3 is 10.6 Å². The molecule has 0 saturated carbocycles. The van der Waals surface area contributed by atoms with Gasteiger partial charge in [-0.2, -0.15) is 0 Å². The molecule has 0 bridgehead atoms. The highest BCUT2D eigenvalue weighted by atomic mass is 79.9. The smallest absolute Gasteiger partial charge is 0.236 e. The van der Waals surface area contributed by atoms with E-state index in [1.807, 2.05) is 31.3 Å². The summed E-state index contributed by atoms with van der Waals surface area (Å²) in [5.41, 5.74) is 6.88. The fourth-order valence-corrected chi connectivity index (χ4v) is 3.18. The molecule has 0 aliphatic carbocycles. The fourth-order valence-electron chi connectivity index (χ4n) is 2.77. The standard InChI is InChI=1S/C16H24BrN3O/c1-19(11-14-6-2-3-7-15(14)17)16(21)12-20-8-4-5-13(9-18)10-20/h2-3,6-7,13H,4-5,8-12,18H2,1H3. The molecule has 1 aliphatic rings.